The van der Waals surface area contributed by atoms with Crippen LogP contribution in [0.2, 0.25) is 0 Å². The van der Waals surface area contributed by atoms with Crippen LogP contribution in [0, 0.1) is 0 Å². The number of ether oxygens (including phenoxy) is 1. The van der Waals surface area contributed by atoms with Crippen LogP contribution in [0.4, 0.5) is 18.2 Å². The van der Waals surface area contributed by atoms with Gasteiger partial charge in [-0.15, -0.1) is 11.3 Å². The Labute approximate surface area is 204 Å². The van der Waals surface area contributed by atoms with E-state index < -0.39 is 23.7 Å². The largest absolute Gasteiger partial charge is 0.465 e. The Morgan fingerprint density at radius 1 is 1.00 bits per heavy atom. The summed E-state index contributed by atoms with van der Waals surface area (Å²) in [5.41, 5.74) is 2.17. The van der Waals surface area contributed by atoms with Crippen LogP contribution in [-0.4, -0.2) is 28.8 Å². The first-order valence-electron chi connectivity index (χ1n) is 11.6. The maximum atomic E-state index is 13.5. The highest BCUT2D eigenvalue weighted by Crippen LogP contribution is 2.39. The Kier molecular flexibility index (Phi) is 6.16. The number of thiophene rings is 1. The molecule has 10 heteroatoms. The van der Waals surface area contributed by atoms with Crippen LogP contribution in [0.5, 0.6) is 0 Å². The molecule has 0 bridgehead atoms. The molecule has 1 amide bonds. The Hall–Kier alpha value is -3.14. The predicted octanol–water partition coefficient (Wildman–Crippen LogP) is 5.75. The lowest BCUT2D eigenvalue weighted by Gasteiger charge is -2.15. The predicted molar refractivity (Wildman–Crippen MR) is 125 cm³/mol. The first-order chi connectivity index (χ1) is 16.8. The zero-order chi connectivity index (χ0) is 24.7. The van der Waals surface area contributed by atoms with E-state index in [4.69, 9.17) is 4.74 Å². The summed E-state index contributed by atoms with van der Waals surface area (Å²) in [6.45, 7) is 0. The minimum absolute atomic E-state index is 0.266. The van der Waals surface area contributed by atoms with E-state index in [-0.39, 0.29) is 5.56 Å². The number of halogens is 3. The van der Waals surface area contributed by atoms with Crippen molar-refractivity contribution in [2.75, 3.05) is 12.4 Å². The van der Waals surface area contributed by atoms with Crippen LogP contribution in [-0.2, 0) is 36.6 Å². The van der Waals surface area contributed by atoms with Gasteiger partial charge in [-0.1, -0.05) is 0 Å². The third kappa shape index (κ3) is 4.35. The first-order valence-corrected chi connectivity index (χ1v) is 12.4. The molecule has 2 aromatic heterocycles. The quantitative estimate of drug-likeness (QED) is 0.460. The smallest absolute Gasteiger partial charge is 0.435 e. The Morgan fingerprint density at radius 3 is 2.34 bits per heavy atom. The maximum absolute atomic E-state index is 13.5. The second kappa shape index (κ2) is 9.14. The lowest BCUT2D eigenvalue weighted by molar-refractivity contribution is -0.142. The van der Waals surface area contributed by atoms with Gasteiger partial charge in [0.25, 0.3) is 5.91 Å². The molecule has 0 aliphatic heterocycles. The molecule has 1 N–H and O–H groups in total. The fraction of sp³-hybridized carbons (Fsp3) is 0.400. The molecule has 2 aliphatic rings. The van der Waals surface area contributed by atoms with Crippen LogP contribution < -0.4 is 5.32 Å². The third-order valence-electron chi connectivity index (χ3n) is 6.61. The molecule has 0 radical (unpaired) electrons. The molecule has 2 aliphatic carbocycles. The molecule has 6 nitrogen and oxygen atoms in total. The highest BCUT2D eigenvalue weighted by Gasteiger charge is 2.39. The van der Waals surface area contributed by atoms with Gasteiger partial charge in [0.05, 0.1) is 18.4 Å². The van der Waals surface area contributed by atoms with Crippen molar-refractivity contribution in [1.82, 2.24) is 9.78 Å². The molecule has 5 rings (SSSR count). The second-order valence-corrected chi connectivity index (χ2v) is 9.90. The summed E-state index contributed by atoms with van der Waals surface area (Å²) in [4.78, 5) is 26.5. The SMILES string of the molecule is COC(=O)c1c(NC(=O)c2ccc(-n3nc(C(F)(F)F)c4c3CCCC4)cc2)sc2c1CCCC2. The number of aryl methyl sites for hydroxylation is 1. The van der Waals surface area contributed by atoms with Crippen molar-refractivity contribution in [3.63, 3.8) is 0 Å². The van der Waals surface area contributed by atoms with Gasteiger partial charge in [0.1, 0.15) is 5.00 Å². The number of aromatic nitrogens is 2. The number of methoxy groups -OCH3 is 1. The lowest BCUT2D eigenvalue weighted by atomic mass is 9.95. The van der Waals surface area contributed by atoms with E-state index in [2.05, 4.69) is 10.4 Å². The number of carbonyl (C=O) groups excluding carboxylic acids is 2. The van der Waals surface area contributed by atoms with Crippen molar-refractivity contribution in [2.45, 2.75) is 57.5 Å². The average molecular weight is 504 g/mol. The van der Waals surface area contributed by atoms with Crippen molar-refractivity contribution in [3.8, 4) is 5.69 Å². The standard InChI is InChI=1S/C25H24F3N3O3S/c1-34-24(33)20-17-7-3-5-9-19(17)35-23(20)29-22(32)14-10-12-15(13-11-14)31-18-8-4-2-6-16(18)21(30-31)25(26,27)28/h10-13H,2-9H2,1H3,(H,29,32). The fourth-order valence-corrected chi connectivity index (χ4v) is 6.21. The number of nitrogens with zero attached hydrogens (tertiary/aromatic N) is 2. The van der Waals surface area contributed by atoms with Crippen LogP contribution in [0.3, 0.4) is 0 Å². The number of rotatable bonds is 4. The van der Waals surface area contributed by atoms with Crippen LogP contribution in [0.1, 0.15) is 73.8 Å². The zero-order valence-electron chi connectivity index (χ0n) is 19.1. The third-order valence-corrected chi connectivity index (χ3v) is 7.82. The van der Waals surface area contributed by atoms with E-state index in [0.717, 1.165) is 42.5 Å². The summed E-state index contributed by atoms with van der Waals surface area (Å²) in [6, 6.07) is 6.30. The van der Waals surface area contributed by atoms with Gasteiger partial charge in [0.15, 0.2) is 5.69 Å². The van der Waals surface area contributed by atoms with Gasteiger partial charge in [0, 0.05) is 21.7 Å². The average Bonchev–Trinajstić information content (AvgIpc) is 3.42. The number of anilines is 1. The van der Waals surface area contributed by atoms with Crippen molar-refractivity contribution in [1.29, 1.82) is 0 Å². The Balaban J connectivity index is 1.42. The summed E-state index contributed by atoms with van der Waals surface area (Å²) in [5.74, 6) is -0.877. The highest BCUT2D eigenvalue weighted by molar-refractivity contribution is 7.17. The van der Waals surface area contributed by atoms with E-state index in [0.29, 0.717) is 46.8 Å². The molecule has 2 heterocycles. The number of amides is 1. The van der Waals surface area contributed by atoms with Gasteiger partial charge in [-0.2, -0.15) is 18.3 Å². The number of esters is 1. The van der Waals surface area contributed by atoms with Gasteiger partial charge in [-0.3, -0.25) is 4.79 Å². The molecule has 35 heavy (non-hydrogen) atoms. The van der Waals surface area contributed by atoms with Crippen molar-refractivity contribution >= 4 is 28.2 Å². The molecule has 0 saturated carbocycles. The van der Waals surface area contributed by atoms with Gasteiger partial charge < -0.3 is 10.1 Å². The summed E-state index contributed by atoms with van der Waals surface area (Å²) in [6.07, 6.45) is 1.55. The normalized spacial score (nSPS) is 15.3. The minimum Gasteiger partial charge on any atom is -0.465 e. The molecule has 184 valence electrons. The van der Waals surface area contributed by atoms with Gasteiger partial charge in [-0.05, 0) is 81.2 Å². The van der Waals surface area contributed by atoms with Crippen molar-refractivity contribution in [2.24, 2.45) is 0 Å². The van der Waals surface area contributed by atoms with E-state index in [1.165, 1.54) is 23.1 Å². The highest BCUT2D eigenvalue weighted by atomic mass is 32.1. The number of hydrogen-bond donors (Lipinski definition) is 1. The molecule has 0 unspecified atom stereocenters. The fourth-order valence-electron chi connectivity index (χ4n) is 4.94. The number of carbonyl (C=O) groups is 2. The van der Waals surface area contributed by atoms with Gasteiger partial charge >= 0.3 is 12.1 Å². The van der Waals surface area contributed by atoms with E-state index in [1.807, 2.05) is 0 Å². The van der Waals surface area contributed by atoms with Gasteiger partial charge in [0.2, 0.25) is 0 Å². The summed E-state index contributed by atoms with van der Waals surface area (Å²) in [5, 5.41) is 7.20. The molecule has 3 aromatic rings. The first kappa shape index (κ1) is 23.6. The molecule has 0 fully saturated rings. The molecule has 0 spiro atoms. The summed E-state index contributed by atoms with van der Waals surface area (Å²) < 4.78 is 46.9. The molecule has 0 atom stereocenters. The number of alkyl halides is 3. The molecular weight excluding hydrogens is 479 g/mol. The van der Waals surface area contributed by atoms with Crippen molar-refractivity contribution < 1.29 is 27.5 Å². The second-order valence-electron chi connectivity index (χ2n) is 8.80. The number of hydrogen-bond acceptors (Lipinski definition) is 5. The van der Waals surface area contributed by atoms with E-state index in [1.54, 1.807) is 24.3 Å². The topological polar surface area (TPSA) is 73.2 Å². The number of fused-ring (bicyclic) bond motifs is 2. The van der Waals surface area contributed by atoms with Crippen LogP contribution in [0.15, 0.2) is 24.3 Å². The lowest BCUT2D eigenvalue weighted by Crippen LogP contribution is -2.15. The van der Waals surface area contributed by atoms with Crippen LogP contribution in [0.25, 0.3) is 5.69 Å². The van der Waals surface area contributed by atoms with E-state index >= 15 is 0 Å². The number of nitrogens with one attached hydrogen (secondary N) is 1. The van der Waals surface area contributed by atoms with Gasteiger partial charge in [-0.25, -0.2) is 9.48 Å². The molecular formula is C25H24F3N3O3S. The summed E-state index contributed by atoms with van der Waals surface area (Å²) >= 11 is 1.40. The Morgan fingerprint density at radius 2 is 1.66 bits per heavy atom. The molecule has 0 saturated heterocycles. The summed E-state index contributed by atoms with van der Waals surface area (Å²) in [7, 11) is 1.32. The van der Waals surface area contributed by atoms with Crippen LogP contribution >= 0.6 is 11.3 Å². The van der Waals surface area contributed by atoms with E-state index in [9.17, 15) is 22.8 Å². The number of benzene rings is 1. The monoisotopic (exact) mass is 503 g/mol. The molecule has 1 aromatic carbocycles. The minimum atomic E-state index is -4.51. The Bertz CT molecular complexity index is 1290. The van der Waals surface area contributed by atoms with Crippen molar-refractivity contribution in [3.05, 3.63) is 62.8 Å². The maximum Gasteiger partial charge on any atom is 0.435 e. The zero-order valence-corrected chi connectivity index (χ0v) is 19.9.